The maximum Gasteiger partial charge on any atom is 0.0182 e. The van der Waals surface area contributed by atoms with E-state index in [2.05, 4.69) is 53.4 Å². The van der Waals surface area contributed by atoms with Crippen LogP contribution in [0.3, 0.4) is 0 Å². The molecular weight excluding hydrogens is 182 g/mol. The SMILES string of the molecule is CC(C)[C@H](C)N(C1CC1)C(C)(C)C(C)C. The lowest BCUT2D eigenvalue weighted by atomic mass is 9.85. The summed E-state index contributed by atoms with van der Waals surface area (Å²) < 4.78 is 0. The van der Waals surface area contributed by atoms with E-state index in [-0.39, 0.29) is 0 Å². The molecule has 1 aliphatic rings. The fraction of sp³-hybridized carbons (Fsp3) is 1.00. The van der Waals surface area contributed by atoms with E-state index < -0.39 is 0 Å². The Hall–Kier alpha value is -0.0400. The number of rotatable bonds is 5. The maximum atomic E-state index is 2.78. The highest BCUT2D eigenvalue weighted by Gasteiger charge is 2.43. The van der Waals surface area contributed by atoms with E-state index in [4.69, 9.17) is 0 Å². The van der Waals surface area contributed by atoms with Crippen molar-refractivity contribution in [3.05, 3.63) is 0 Å². The van der Waals surface area contributed by atoms with E-state index in [1.807, 2.05) is 0 Å². The fourth-order valence-electron chi connectivity index (χ4n) is 2.30. The first-order chi connectivity index (χ1) is 6.78. The minimum absolute atomic E-state index is 0.338. The fourth-order valence-corrected chi connectivity index (χ4v) is 2.30. The molecule has 1 heteroatoms. The summed E-state index contributed by atoms with van der Waals surface area (Å²) in [6.07, 6.45) is 2.82. The minimum atomic E-state index is 0.338. The molecule has 1 saturated carbocycles. The molecule has 1 atom stereocenters. The second kappa shape index (κ2) is 4.45. The molecule has 0 aromatic heterocycles. The van der Waals surface area contributed by atoms with Crippen LogP contribution < -0.4 is 0 Å². The van der Waals surface area contributed by atoms with E-state index in [1.54, 1.807) is 0 Å². The molecule has 0 N–H and O–H groups in total. The molecule has 1 rings (SSSR count). The normalized spacial score (nSPS) is 20.4. The van der Waals surface area contributed by atoms with Gasteiger partial charge in [-0.2, -0.15) is 0 Å². The van der Waals surface area contributed by atoms with Gasteiger partial charge >= 0.3 is 0 Å². The van der Waals surface area contributed by atoms with Crippen molar-refractivity contribution in [2.24, 2.45) is 11.8 Å². The zero-order valence-corrected chi connectivity index (χ0v) is 11.7. The highest BCUT2D eigenvalue weighted by Crippen LogP contribution is 2.39. The largest absolute Gasteiger partial charge is 0.292 e. The van der Waals surface area contributed by atoms with E-state index in [1.165, 1.54) is 12.8 Å². The highest BCUT2D eigenvalue weighted by atomic mass is 15.3. The van der Waals surface area contributed by atoms with Gasteiger partial charge in [0.05, 0.1) is 0 Å². The van der Waals surface area contributed by atoms with Crippen molar-refractivity contribution in [3.8, 4) is 0 Å². The van der Waals surface area contributed by atoms with Gasteiger partial charge in [-0.05, 0) is 45.4 Å². The Morgan fingerprint density at radius 3 is 1.73 bits per heavy atom. The molecule has 0 saturated heterocycles. The first-order valence-electron chi connectivity index (χ1n) is 6.57. The monoisotopic (exact) mass is 211 g/mol. The van der Waals surface area contributed by atoms with Gasteiger partial charge in [0.1, 0.15) is 0 Å². The molecule has 0 amide bonds. The lowest BCUT2D eigenvalue weighted by Gasteiger charge is -2.47. The van der Waals surface area contributed by atoms with Crippen molar-refractivity contribution in [2.45, 2.75) is 78.9 Å². The molecule has 0 radical (unpaired) electrons. The van der Waals surface area contributed by atoms with Gasteiger partial charge in [-0.15, -0.1) is 0 Å². The van der Waals surface area contributed by atoms with Gasteiger partial charge in [-0.3, -0.25) is 4.90 Å². The Labute approximate surface area is 96.2 Å². The predicted molar refractivity (Wildman–Crippen MR) is 68.1 cm³/mol. The summed E-state index contributed by atoms with van der Waals surface area (Å²) in [5, 5.41) is 0. The summed E-state index contributed by atoms with van der Waals surface area (Å²) in [4.78, 5) is 2.78. The van der Waals surface area contributed by atoms with Gasteiger partial charge in [0.25, 0.3) is 0 Å². The minimum Gasteiger partial charge on any atom is -0.292 e. The van der Waals surface area contributed by atoms with Crippen molar-refractivity contribution in [3.63, 3.8) is 0 Å². The van der Waals surface area contributed by atoms with E-state index in [0.29, 0.717) is 11.6 Å². The van der Waals surface area contributed by atoms with E-state index in [0.717, 1.165) is 17.9 Å². The molecule has 0 bridgehead atoms. The Kier molecular flexibility index (Phi) is 3.86. The Balaban J connectivity index is 2.82. The topological polar surface area (TPSA) is 3.24 Å². The van der Waals surface area contributed by atoms with Crippen molar-refractivity contribution < 1.29 is 0 Å². The summed E-state index contributed by atoms with van der Waals surface area (Å²) >= 11 is 0. The average molecular weight is 211 g/mol. The van der Waals surface area contributed by atoms with Crippen LogP contribution in [0.2, 0.25) is 0 Å². The van der Waals surface area contributed by atoms with Crippen LogP contribution in [0, 0.1) is 11.8 Å². The maximum absolute atomic E-state index is 2.78. The van der Waals surface area contributed by atoms with Crippen molar-refractivity contribution in [1.82, 2.24) is 4.90 Å². The van der Waals surface area contributed by atoms with Gasteiger partial charge in [0.15, 0.2) is 0 Å². The Morgan fingerprint density at radius 1 is 1.00 bits per heavy atom. The summed E-state index contributed by atoms with van der Waals surface area (Å²) in [5.74, 6) is 1.47. The molecule has 1 aliphatic carbocycles. The average Bonchev–Trinajstić information content (AvgIpc) is 2.87. The quantitative estimate of drug-likeness (QED) is 0.666. The van der Waals surface area contributed by atoms with Crippen molar-refractivity contribution in [2.75, 3.05) is 0 Å². The van der Waals surface area contributed by atoms with Gasteiger partial charge in [-0.25, -0.2) is 0 Å². The second-order valence-corrected chi connectivity index (χ2v) is 6.43. The predicted octanol–water partition coefficient (Wildman–Crippen LogP) is 3.93. The molecule has 90 valence electrons. The number of hydrogen-bond acceptors (Lipinski definition) is 1. The zero-order chi connectivity index (χ0) is 11.8. The Bertz CT molecular complexity index is 201. The Morgan fingerprint density at radius 2 is 1.47 bits per heavy atom. The lowest BCUT2D eigenvalue weighted by molar-refractivity contribution is 0.0142. The summed E-state index contributed by atoms with van der Waals surface area (Å²) in [6.45, 7) is 16.6. The van der Waals surface area contributed by atoms with Crippen molar-refractivity contribution >= 4 is 0 Å². The van der Waals surface area contributed by atoms with Gasteiger partial charge in [0, 0.05) is 17.6 Å². The molecule has 0 spiro atoms. The van der Waals surface area contributed by atoms with Crippen LogP contribution >= 0.6 is 0 Å². The molecule has 0 aliphatic heterocycles. The molecule has 15 heavy (non-hydrogen) atoms. The third-order valence-electron chi connectivity index (χ3n) is 4.42. The summed E-state index contributed by atoms with van der Waals surface area (Å²) in [6, 6.07) is 1.56. The molecule has 0 heterocycles. The van der Waals surface area contributed by atoms with Crippen LogP contribution in [0.5, 0.6) is 0 Å². The van der Waals surface area contributed by atoms with E-state index in [9.17, 15) is 0 Å². The lowest BCUT2D eigenvalue weighted by Crippen LogP contribution is -2.54. The molecule has 0 aromatic carbocycles. The van der Waals surface area contributed by atoms with Gasteiger partial charge < -0.3 is 0 Å². The number of nitrogens with zero attached hydrogens (tertiary/aromatic N) is 1. The van der Waals surface area contributed by atoms with Crippen molar-refractivity contribution in [1.29, 1.82) is 0 Å². The number of hydrogen-bond donors (Lipinski definition) is 0. The van der Waals surface area contributed by atoms with Crippen LogP contribution in [0.25, 0.3) is 0 Å². The van der Waals surface area contributed by atoms with Crippen LogP contribution in [-0.4, -0.2) is 22.5 Å². The molecular formula is C14H29N. The van der Waals surface area contributed by atoms with Crippen LogP contribution in [0.4, 0.5) is 0 Å². The van der Waals surface area contributed by atoms with Gasteiger partial charge in [0.2, 0.25) is 0 Å². The summed E-state index contributed by atoms with van der Waals surface area (Å²) in [7, 11) is 0. The molecule has 1 fully saturated rings. The summed E-state index contributed by atoms with van der Waals surface area (Å²) in [5.41, 5.74) is 0.338. The molecule has 1 nitrogen and oxygen atoms in total. The zero-order valence-electron chi connectivity index (χ0n) is 11.7. The van der Waals surface area contributed by atoms with Gasteiger partial charge in [-0.1, -0.05) is 27.7 Å². The standard InChI is InChI=1S/C14H29N/c1-10(2)12(5)15(13-8-9-13)14(6,7)11(3)4/h10-13H,8-9H2,1-7H3/t12-/m0/s1. The highest BCUT2D eigenvalue weighted by molar-refractivity contribution is 4.98. The van der Waals surface area contributed by atoms with Crippen LogP contribution in [0.15, 0.2) is 0 Å². The van der Waals surface area contributed by atoms with E-state index >= 15 is 0 Å². The van der Waals surface area contributed by atoms with Crippen LogP contribution in [-0.2, 0) is 0 Å². The molecule has 0 unspecified atom stereocenters. The second-order valence-electron chi connectivity index (χ2n) is 6.43. The smallest absolute Gasteiger partial charge is 0.0182 e. The third kappa shape index (κ3) is 2.75. The first-order valence-corrected chi connectivity index (χ1v) is 6.57. The third-order valence-corrected chi connectivity index (χ3v) is 4.42. The first kappa shape index (κ1) is 13.0. The molecule has 0 aromatic rings. The van der Waals surface area contributed by atoms with Crippen LogP contribution in [0.1, 0.15) is 61.3 Å².